The summed E-state index contributed by atoms with van der Waals surface area (Å²) in [5, 5.41) is 3.69. The second-order valence-electron chi connectivity index (χ2n) is 9.87. The minimum Gasteiger partial charge on any atom is -0.328 e. The minimum atomic E-state index is 0.461. The molecule has 1 aromatic carbocycles. The molecule has 0 amide bonds. The molecule has 1 saturated carbocycles. The summed E-state index contributed by atoms with van der Waals surface area (Å²) in [6.07, 6.45) is 13.2. The molecule has 0 saturated heterocycles. The summed E-state index contributed by atoms with van der Waals surface area (Å²) in [5.41, 5.74) is 11.8. The van der Waals surface area contributed by atoms with E-state index in [4.69, 9.17) is 5.73 Å². The van der Waals surface area contributed by atoms with Gasteiger partial charge >= 0.3 is 0 Å². The topological polar surface area (TPSA) is 54.2 Å². The van der Waals surface area contributed by atoms with E-state index in [2.05, 4.69) is 52.6 Å². The van der Waals surface area contributed by atoms with Crippen molar-refractivity contribution in [3.63, 3.8) is 0 Å². The summed E-state index contributed by atoms with van der Waals surface area (Å²) in [6.45, 7) is 3.40. The summed E-state index contributed by atoms with van der Waals surface area (Å²) in [4.78, 5) is 6.84. The Labute approximate surface area is 188 Å². The maximum atomic E-state index is 6.00. The summed E-state index contributed by atoms with van der Waals surface area (Å²) >= 11 is 0. The van der Waals surface area contributed by atoms with Crippen molar-refractivity contribution in [2.24, 2.45) is 11.7 Å². The highest BCUT2D eigenvalue weighted by atomic mass is 15.1. The largest absolute Gasteiger partial charge is 0.328 e. The van der Waals surface area contributed by atoms with Crippen molar-refractivity contribution in [1.29, 1.82) is 0 Å². The Balaban J connectivity index is 0.000000192. The van der Waals surface area contributed by atoms with Gasteiger partial charge in [-0.05, 0) is 93.5 Å². The Kier molecular flexibility index (Phi) is 8.12. The van der Waals surface area contributed by atoms with Crippen molar-refractivity contribution < 1.29 is 0 Å². The van der Waals surface area contributed by atoms with Crippen LogP contribution in [0.5, 0.6) is 0 Å². The molecule has 3 N–H and O–H groups in total. The van der Waals surface area contributed by atoms with E-state index in [0.717, 1.165) is 25.4 Å². The van der Waals surface area contributed by atoms with Gasteiger partial charge in [0.2, 0.25) is 0 Å². The van der Waals surface area contributed by atoms with Crippen LogP contribution in [-0.2, 0) is 25.8 Å². The Bertz CT molecular complexity index is 787. The summed E-state index contributed by atoms with van der Waals surface area (Å²) in [6, 6.07) is 14.1. The van der Waals surface area contributed by atoms with E-state index in [-0.39, 0.29) is 0 Å². The van der Waals surface area contributed by atoms with Crippen LogP contribution in [0, 0.1) is 5.92 Å². The highest BCUT2D eigenvalue weighted by molar-refractivity contribution is 5.30. The number of pyridine rings is 1. The summed E-state index contributed by atoms with van der Waals surface area (Å²) < 4.78 is 0. The van der Waals surface area contributed by atoms with Crippen molar-refractivity contribution in [1.82, 2.24) is 15.2 Å². The van der Waals surface area contributed by atoms with E-state index < -0.39 is 0 Å². The molecular weight excluding hydrogens is 380 g/mol. The second-order valence-corrected chi connectivity index (χ2v) is 9.87. The molecule has 1 aromatic heterocycles. The Morgan fingerprint density at radius 2 is 1.68 bits per heavy atom. The maximum Gasteiger partial charge on any atom is 0.0435 e. The van der Waals surface area contributed by atoms with Gasteiger partial charge in [0.1, 0.15) is 0 Å². The zero-order valence-corrected chi connectivity index (χ0v) is 19.2. The van der Waals surface area contributed by atoms with Gasteiger partial charge in [0, 0.05) is 43.6 Å². The van der Waals surface area contributed by atoms with Gasteiger partial charge < -0.3 is 16.0 Å². The van der Waals surface area contributed by atoms with Crippen LogP contribution in [-0.4, -0.2) is 42.1 Å². The number of fused-ring (bicyclic) bond motifs is 2. The van der Waals surface area contributed by atoms with Crippen LogP contribution >= 0.6 is 0 Å². The van der Waals surface area contributed by atoms with Gasteiger partial charge in [-0.2, -0.15) is 0 Å². The lowest BCUT2D eigenvalue weighted by atomic mass is 9.86. The second kappa shape index (κ2) is 11.2. The highest BCUT2D eigenvalue weighted by Gasteiger charge is 2.22. The van der Waals surface area contributed by atoms with Crippen molar-refractivity contribution in [2.45, 2.75) is 76.4 Å². The molecule has 4 heteroatoms. The molecule has 0 spiro atoms. The molecule has 5 rings (SSSR count). The zero-order chi connectivity index (χ0) is 21.5. The number of nitrogens with zero attached hydrogens (tertiary/aromatic N) is 2. The highest BCUT2D eigenvalue weighted by Crippen LogP contribution is 2.24. The predicted molar refractivity (Wildman–Crippen MR) is 129 cm³/mol. The fourth-order valence-corrected chi connectivity index (χ4v) is 5.44. The quantitative estimate of drug-likeness (QED) is 0.782. The fraction of sp³-hybridized carbons (Fsp3) is 0.593. The molecule has 31 heavy (non-hydrogen) atoms. The zero-order valence-electron chi connectivity index (χ0n) is 19.2. The molecule has 0 radical (unpaired) electrons. The molecule has 3 aliphatic rings. The van der Waals surface area contributed by atoms with Crippen LogP contribution in [0.1, 0.15) is 60.9 Å². The van der Waals surface area contributed by atoms with Gasteiger partial charge in [-0.25, -0.2) is 0 Å². The van der Waals surface area contributed by atoms with Crippen molar-refractivity contribution in [2.75, 3.05) is 20.1 Å². The number of nitrogens with two attached hydrogens (primary N) is 1. The van der Waals surface area contributed by atoms with Crippen LogP contribution in [0.4, 0.5) is 0 Å². The van der Waals surface area contributed by atoms with Gasteiger partial charge in [0.05, 0.1) is 0 Å². The van der Waals surface area contributed by atoms with E-state index in [1.54, 1.807) is 0 Å². The fourth-order valence-electron chi connectivity index (χ4n) is 5.44. The van der Waals surface area contributed by atoms with Gasteiger partial charge in [0.15, 0.2) is 0 Å². The van der Waals surface area contributed by atoms with Gasteiger partial charge in [-0.1, -0.05) is 30.3 Å². The van der Waals surface area contributed by atoms with E-state index in [9.17, 15) is 0 Å². The van der Waals surface area contributed by atoms with Gasteiger partial charge in [-0.15, -0.1) is 0 Å². The Hall–Kier alpha value is -1.75. The first kappa shape index (κ1) is 22.4. The van der Waals surface area contributed by atoms with Crippen molar-refractivity contribution in [3.05, 3.63) is 65.0 Å². The predicted octanol–water partition coefficient (Wildman–Crippen LogP) is 4.11. The molecule has 2 aliphatic carbocycles. The van der Waals surface area contributed by atoms with E-state index >= 15 is 0 Å². The summed E-state index contributed by atoms with van der Waals surface area (Å²) in [5.74, 6) is 0.852. The number of hydrogen-bond donors (Lipinski definition) is 2. The number of benzene rings is 1. The minimum absolute atomic E-state index is 0.461. The van der Waals surface area contributed by atoms with Crippen LogP contribution in [0.2, 0.25) is 0 Å². The number of rotatable bonds is 4. The average Bonchev–Trinajstić information content (AvgIpc) is 2.81. The van der Waals surface area contributed by atoms with E-state index in [1.165, 1.54) is 80.3 Å². The molecule has 2 aromatic rings. The lowest BCUT2D eigenvalue weighted by molar-refractivity contribution is 0.205. The smallest absolute Gasteiger partial charge is 0.0435 e. The van der Waals surface area contributed by atoms with E-state index in [1.807, 2.05) is 12.3 Å². The van der Waals surface area contributed by atoms with E-state index in [0.29, 0.717) is 12.1 Å². The lowest BCUT2D eigenvalue weighted by Crippen LogP contribution is -2.45. The number of aryl methyl sites for hydroxylation is 2. The molecule has 168 valence electrons. The first-order valence-corrected chi connectivity index (χ1v) is 12.3. The van der Waals surface area contributed by atoms with Crippen LogP contribution in [0.3, 0.4) is 0 Å². The molecule has 1 fully saturated rings. The normalized spacial score (nSPS) is 25.2. The monoisotopic (exact) mass is 420 g/mol. The molecule has 0 bridgehead atoms. The Morgan fingerprint density at radius 3 is 2.48 bits per heavy atom. The van der Waals surface area contributed by atoms with Crippen molar-refractivity contribution >= 4 is 0 Å². The molecular formula is C27H40N4. The van der Waals surface area contributed by atoms with Crippen LogP contribution in [0.15, 0.2) is 42.6 Å². The van der Waals surface area contributed by atoms with Crippen LogP contribution in [0.25, 0.3) is 0 Å². The molecule has 1 aliphatic heterocycles. The third kappa shape index (κ3) is 6.61. The van der Waals surface area contributed by atoms with Gasteiger partial charge in [-0.3, -0.25) is 4.98 Å². The number of likely N-dealkylation sites (N-methyl/N-ethyl adjacent to an activating group) is 1. The van der Waals surface area contributed by atoms with Crippen LogP contribution < -0.4 is 11.1 Å². The Morgan fingerprint density at radius 1 is 0.935 bits per heavy atom. The molecule has 2 heterocycles. The molecule has 1 atom stereocenters. The third-order valence-corrected chi connectivity index (χ3v) is 7.25. The maximum absolute atomic E-state index is 6.00. The number of aromatic nitrogens is 1. The summed E-state index contributed by atoms with van der Waals surface area (Å²) in [7, 11) is 2.27. The molecule has 4 nitrogen and oxygen atoms in total. The van der Waals surface area contributed by atoms with Gasteiger partial charge in [0.25, 0.3) is 0 Å². The lowest BCUT2D eigenvalue weighted by Gasteiger charge is -2.33. The SMILES string of the molecule is CN(CC1CCC(N)CC1)CC1Cc2ccccc2CN1.c1cnc2c(c1)CCCC2. The third-order valence-electron chi connectivity index (χ3n) is 7.25. The standard InChI is InChI=1S/C18H29N3.C9H11N/c1-21(12-14-6-8-17(19)9-7-14)13-18-10-15-4-2-3-5-16(15)11-20-18;1-2-6-9-8(4-1)5-3-7-10-9/h2-5,14,17-18,20H,6-13,19H2,1H3;3,5,7H,1-2,4,6H2. The molecule has 1 unspecified atom stereocenters. The first-order chi connectivity index (χ1) is 15.2. The first-order valence-electron chi connectivity index (χ1n) is 12.3. The average molecular weight is 421 g/mol. The number of hydrogen-bond acceptors (Lipinski definition) is 4. The number of nitrogens with one attached hydrogen (secondary N) is 1. The van der Waals surface area contributed by atoms with Crippen molar-refractivity contribution in [3.8, 4) is 0 Å².